The number of benzene rings is 3. The number of amides is 1. The third kappa shape index (κ3) is 4.97. The minimum Gasteiger partial charge on any atom is -0.331 e. The molecule has 0 saturated carbocycles. The number of carbonyl (C=O) groups is 1. The van der Waals surface area contributed by atoms with Crippen molar-refractivity contribution in [2.45, 2.75) is 37.4 Å². The van der Waals surface area contributed by atoms with E-state index in [1.165, 1.54) is 29.6 Å². The average molecular weight is 627 g/mol. The highest BCUT2D eigenvalue weighted by Gasteiger charge is 2.32. The lowest BCUT2D eigenvalue weighted by atomic mass is 9.94. The van der Waals surface area contributed by atoms with E-state index in [4.69, 9.17) is 11.6 Å². The predicted octanol–water partition coefficient (Wildman–Crippen LogP) is 6.27. The first-order chi connectivity index (χ1) is 16.1. The molecule has 1 aliphatic heterocycles. The van der Waals surface area contributed by atoms with Crippen LogP contribution in [0, 0.1) is 0 Å². The molecule has 0 aliphatic carbocycles. The summed E-state index contributed by atoms with van der Waals surface area (Å²) in [5.74, 6) is -0.294. The number of halogens is 3. The van der Waals surface area contributed by atoms with Gasteiger partial charge >= 0.3 is 0 Å². The number of nitrogens with zero attached hydrogens (tertiary/aromatic N) is 2. The van der Waals surface area contributed by atoms with E-state index in [2.05, 4.69) is 31.9 Å². The largest absolute Gasteiger partial charge is 0.331 e. The van der Waals surface area contributed by atoms with Crippen molar-refractivity contribution in [1.82, 2.24) is 9.21 Å². The molecule has 3 aromatic carbocycles. The molecule has 3 aromatic rings. The molecule has 9 heteroatoms. The summed E-state index contributed by atoms with van der Waals surface area (Å²) in [4.78, 5) is 15.4. The molecule has 5 nitrogen and oxygen atoms in total. The second kappa shape index (κ2) is 10.1. The van der Waals surface area contributed by atoms with E-state index in [-0.39, 0.29) is 34.0 Å². The van der Waals surface area contributed by atoms with Crippen LogP contribution < -0.4 is 0 Å². The fourth-order valence-corrected chi connectivity index (χ4v) is 6.53. The van der Waals surface area contributed by atoms with Crippen LogP contribution in [-0.2, 0) is 29.5 Å². The van der Waals surface area contributed by atoms with Crippen LogP contribution in [0.2, 0.25) is 5.02 Å². The number of hydrogen-bond acceptors (Lipinski definition) is 3. The van der Waals surface area contributed by atoms with Gasteiger partial charge in [0.1, 0.15) is 0 Å². The second-order valence-corrected chi connectivity index (χ2v) is 12.5. The Balaban J connectivity index is 1.64. The maximum atomic E-state index is 13.6. The van der Waals surface area contributed by atoms with E-state index in [1.807, 2.05) is 49.4 Å². The molecule has 1 heterocycles. The number of carbonyl (C=O) groups excluding carboxylic acids is 1. The molecule has 1 aliphatic rings. The van der Waals surface area contributed by atoms with Crippen molar-refractivity contribution < 1.29 is 13.2 Å². The van der Waals surface area contributed by atoms with Gasteiger partial charge in [-0.3, -0.25) is 4.79 Å². The zero-order valence-corrected chi connectivity index (χ0v) is 23.4. The monoisotopic (exact) mass is 624 g/mol. The topological polar surface area (TPSA) is 57.7 Å². The molecule has 1 unspecified atom stereocenters. The average Bonchev–Trinajstić information content (AvgIpc) is 2.81. The highest BCUT2D eigenvalue weighted by molar-refractivity contribution is 9.11. The van der Waals surface area contributed by atoms with Crippen molar-refractivity contribution >= 4 is 59.4 Å². The van der Waals surface area contributed by atoms with E-state index < -0.39 is 10.0 Å². The maximum Gasteiger partial charge on any atom is 0.255 e. The van der Waals surface area contributed by atoms with Crippen molar-refractivity contribution in [2.75, 3.05) is 7.05 Å². The number of hydrogen-bond donors (Lipinski definition) is 0. The van der Waals surface area contributed by atoms with Gasteiger partial charge in [-0.15, -0.1) is 0 Å². The SMILES string of the molecule is CC1Cc2c(Br)ccc(Br)c2CN1C(=O)c1cc(S(=O)(=O)N(C)Cc2ccccc2)ccc1Cl. The summed E-state index contributed by atoms with van der Waals surface area (Å²) in [6, 6.07) is 17.5. The quantitative estimate of drug-likeness (QED) is 0.336. The van der Waals surface area contributed by atoms with Crippen LogP contribution in [0.1, 0.15) is 34.0 Å². The van der Waals surface area contributed by atoms with E-state index in [9.17, 15) is 13.2 Å². The van der Waals surface area contributed by atoms with Crippen LogP contribution in [0.3, 0.4) is 0 Å². The summed E-state index contributed by atoms with van der Waals surface area (Å²) in [7, 11) is -2.30. The van der Waals surface area contributed by atoms with Gasteiger partial charge in [0, 0.05) is 35.1 Å². The van der Waals surface area contributed by atoms with Gasteiger partial charge in [0.2, 0.25) is 10.0 Å². The van der Waals surface area contributed by atoms with Gasteiger partial charge in [-0.05, 0) is 60.4 Å². The zero-order valence-electron chi connectivity index (χ0n) is 18.6. The van der Waals surface area contributed by atoms with Gasteiger partial charge in [0.25, 0.3) is 5.91 Å². The second-order valence-electron chi connectivity index (χ2n) is 8.36. The lowest BCUT2D eigenvalue weighted by Crippen LogP contribution is -2.43. The Hall–Kier alpha value is -1.71. The molecule has 0 spiro atoms. The van der Waals surface area contributed by atoms with Gasteiger partial charge in [-0.2, -0.15) is 4.31 Å². The Labute approximate surface area is 222 Å². The molecule has 0 aromatic heterocycles. The van der Waals surface area contributed by atoms with Crippen LogP contribution >= 0.6 is 43.5 Å². The van der Waals surface area contributed by atoms with E-state index in [0.717, 1.165) is 25.6 Å². The van der Waals surface area contributed by atoms with Gasteiger partial charge in [0.05, 0.1) is 15.5 Å². The van der Waals surface area contributed by atoms with Crippen molar-refractivity contribution in [3.05, 3.63) is 96.9 Å². The van der Waals surface area contributed by atoms with Crippen LogP contribution in [0.5, 0.6) is 0 Å². The Morgan fingerprint density at radius 3 is 2.38 bits per heavy atom. The lowest BCUT2D eigenvalue weighted by molar-refractivity contribution is 0.0657. The molecule has 0 radical (unpaired) electrons. The Morgan fingerprint density at radius 1 is 1.06 bits per heavy atom. The Morgan fingerprint density at radius 2 is 1.71 bits per heavy atom. The predicted molar refractivity (Wildman–Crippen MR) is 141 cm³/mol. The van der Waals surface area contributed by atoms with Crippen LogP contribution in [0.25, 0.3) is 0 Å². The summed E-state index contributed by atoms with van der Waals surface area (Å²) < 4.78 is 29.7. The fraction of sp³-hybridized carbons (Fsp3) is 0.240. The molecule has 34 heavy (non-hydrogen) atoms. The maximum absolute atomic E-state index is 13.6. The molecular weight excluding hydrogens is 604 g/mol. The fourth-order valence-electron chi connectivity index (χ4n) is 4.12. The minimum absolute atomic E-state index is 0.0349. The third-order valence-corrected chi connectivity index (χ3v) is 9.68. The summed E-state index contributed by atoms with van der Waals surface area (Å²) in [5.41, 5.74) is 3.24. The first kappa shape index (κ1) is 25.4. The van der Waals surface area contributed by atoms with Crippen LogP contribution in [0.4, 0.5) is 0 Å². The van der Waals surface area contributed by atoms with Gasteiger partial charge < -0.3 is 4.90 Å². The smallest absolute Gasteiger partial charge is 0.255 e. The van der Waals surface area contributed by atoms with Crippen molar-refractivity contribution in [2.24, 2.45) is 0 Å². The van der Waals surface area contributed by atoms with Crippen LogP contribution in [0.15, 0.2) is 74.5 Å². The standard InChI is InChI=1S/C25H23Br2ClN2O3S/c1-16-12-19-21(23(27)10-9-22(19)26)15-30(16)25(31)20-13-18(8-11-24(20)28)34(32,33)29(2)14-17-6-4-3-5-7-17/h3-11,13,16H,12,14-15H2,1-2H3. The van der Waals surface area contributed by atoms with Crippen molar-refractivity contribution in [1.29, 1.82) is 0 Å². The summed E-state index contributed by atoms with van der Waals surface area (Å²) in [6.07, 6.45) is 0.677. The molecule has 0 bridgehead atoms. The van der Waals surface area contributed by atoms with E-state index in [1.54, 1.807) is 4.90 Å². The summed E-state index contributed by atoms with van der Waals surface area (Å²) in [5, 5.41) is 0.223. The highest BCUT2D eigenvalue weighted by atomic mass is 79.9. The molecule has 4 rings (SSSR count). The normalized spacial score (nSPS) is 15.9. The molecule has 1 amide bonds. The minimum atomic E-state index is -3.82. The Bertz CT molecular complexity index is 1350. The van der Waals surface area contributed by atoms with E-state index in [0.29, 0.717) is 13.0 Å². The van der Waals surface area contributed by atoms with Gasteiger partial charge in [-0.25, -0.2) is 8.42 Å². The van der Waals surface area contributed by atoms with Crippen molar-refractivity contribution in [3.8, 4) is 0 Å². The number of rotatable bonds is 5. The Kier molecular flexibility index (Phi) is 7.55. The molecule has 0 fully saturated rings. The molecule has 1 atom stereocenters. The number of fused-ring (bicyclic) bond motifs is 1. The molecular formula is C25H23Br2ClN2O3S. The third-order valence-electron chi connectivity index (χ3n) is 6.06. The summed E-state index contributed by atoms with van der Waals surface area (Å²) >= 11 is 13.6. The van der Waals surface area contributed by atoms with Crippen molar-refractivity contribution in [3.63, 3.8) is 0 Å². The number of sulfonamides is 1. The highest BCUT2D eigenvalue weighted by Crippen LogP contribution is 2.35. The summed E-state index contributed by atoms with van der Waals surface area (Å²) in [6.45, 7) is 2.60. The van der Waals surface area contributed by atoms with Gasteiger partial charge in [-0.1, -0.05) is 73.8 Å². The molecule has 0 saturated heterocycles. The van der Waals surface area contributed by atoms with Crippen LogP contribution in [-0.4, -0.2) is 36.6 Å². The van der Waals surface area contributed by atoms with Gasteiger partial charge in [0.15, 0.2) is 0 Å². The first-order valence-electron chi connectivity index (χ1n) is 10.7. The lowest BCUT2D eigenvalue weighted by Gasteiger charge is -2.36. The first-order valence-corrected chi connectivity index (χ1v) is 14.1. The molecule has 178 valence electrons. The van der Waals surface area contributed by atoms with E-state index >= 15 is 0 Å². The molecule has 0 N–H and O–H groups in total. The zero-order chi connectivity index (χ0) is 24.6.